The summed E-state index contributed by atoms with van der Waals surface area (Å²) in [5.74, 6) is 0. The second-order valence-electron chi connectivity index (χ2n) is 5.70. The lowest BCUT2D eigenvalue weighted by Crippen LogP contribution is -2.35. The Morgan fingerprint density at radius 3 is 2.62 bits per heavy atom. The van der Waals surface area contributed by atoms with E-state index in [0.717, 1.165) is 26.1 Å². The molecule has 0 radical (unpaired) electrons. The Labute approximate surface area is 127 Å². The zero-order valence-corrected chi connectivity index (χ0v) is 12.8. The summed E-state index contributed by atoms with van der Waals surface area (Å²) in [6.07, 6.45) is 2.34. The highest BCUT2D eigenvalue weighted by molar-refractivity contribution is 5.59. The van der Waals surface area contributed by atoms with E-state index >= 15 is 0 Å². The molecule has 1 atom stereocenters. The van der Waals surface area contributed by atoms with E-state index in [2.05, 4.69) is 71.7 Å². The predicted molar refractivity (Wildman–Crippen MR) is 89.8 cm³/mol. The summed E-state index contributed by atoms with van der Waals surface area (Å²) < 4.78 is 0. The third kappa shape index (κ3) is 3.11. The molecule has 1 aliphatic rings. The maximum atomic E-state index is 3.60. The van der Waals surface area contributed by atoms with Crippen LogP contribution in [0.25, 0.3) is 0 Å². The van der Waals surface area contributed by atoms with Crippen LogP contribution in [0, 0.1) is 0 Å². The molecule has 2 heteroatoms. The monoisotopic (exact) mass is 280 g/mol. The average molecular weight is 280 g/mol. The minimum Gasteiger partial charge on any atom is -0.363 e. The van der Waals surface area contributed by atoms with E-state index in [9.17, 15) is 0 Å². The lowest BCUT2D eigenvalue weighted by Gasteiger charge is -2.31. The van der Waals surface area contributed by atoms with Gasteiger partial charge in [-0.15, -0.1) is 0 Å². The molecular weight excluding hydrogens is 256 g/mol. The quantitative estimate of drug-likeness (QED) is 0.810. The summed E-state index contributed by atoms with van der Waals surface area (Å²) in [7, 11) is 0. The summed E-state index contributed by atoms with van der Waals surface area (Å²) in [6, 6.07) is 20.1. The lowest BCUT2D eigenvalue weighted by molar-refractivity contribution is 0.558. The molecule has 1 aliphatic heterocycles. The van der Waals surface area contributed by atoms with Gasteiger partial charge < -0.3 is 10.2 Å². The number of benzene rings is 2. The van der Waals surface area contributed by atoms with Crippen molar-refractivity contribution in [3.8, 4) is 0 Å². The number of hydrogen-bond donors (Lipinski definition) is 1. The van der Waals surface area contributed by atoms with E-state index in [1.807, 2.05) is 0 Å². The zero-order valence-electron chi connectivity index (χ0n) is 12.8. The van der Waals surface area contributed by atoms with Gasteiger partial charge in [0.25, 0.3) is 0 Å². The van der Waals surface area contributed by atoms with Gasteiger partial charge in [0.1, 0.15) is 0 Å². The van der Waals surface area contributed by atoms with E-state index in [-0.39, 0.29) is 0 Å². The van der Waals surface area contributed by atoms with Crippen LogP contribution in [-0.4, -0.2) is 19.6 Å². The van der Waals surface area contributed by atoms with Gasteiger partial charge in [0, 0.05) is 18.8 Å². The SMILES string of the molecule is CCCNCC(c1ccccc1)N1CCc2ccccc21. The predicted octanol–water partition coefficient (Wildman–Crippen LogP) is 3.79. The third-order valence-electron chi connectivity index (χ3n) is 4.25. The van der Waals surface area contributed by atoms with Crippen LogP contribution < -0.4 is 10.2 Å². The molecule has 0 spiro atoms. The average Bonchev–Trinajstić information content (AvgIpc) is 2.96. The largest absolute Gasteiger partial charge is 0.363 e. The summed E-state index contributed by atoms with van der Waals surface area (Å²) in [5, 5.41) is 3.60. The summed E-state index contributed by atoms with van der Waals surface area (Å²) in [5.41, 5.74) is 4.29. The maximum absolute atomic E-state index is 3.60. The van der Waals surface area contributed by atoms with Gasteiger partial charge in [-0.05, 0) is 36.6 Å². The number of para-hydroxylation sites is 1. The van der Waals surface area contributed by atoms with Crippen molar-refractivity contribution in [3.05, 3.63) is 65.7 Å². The summed E-state index contributed by atoms with van der Waals surface area (Å²) in [6.45, 7) is 5.42. The van der Waals surface area contributed by atoms with Crippen LogP contribution in [0.3, 0.4) is 0 Å². The van der Waals surface area contributed by atoms with Crippen molar-refractivity contribution in [2.24, 2.45) is 0 Å². The Morgan fingerprint density at radius 1 is 1.05 bits per heavy atom. The van der Waals surface area contributed by atoms with Gasteiger partial charge in [0.15, 0.2) is 0 Å². The molecule has 2 aromatic rings. The second kappa shape index (κ2) is 6.77. The van der Waals surface area contributed by atoms with Gasteiger partial charge in [-0.2, -0.15) is 0 Å². The molecule has 0 fully saturated rings. The molecule has 2 nitrogen and oxygen atoms in total. The number of rotatable bonds is 6. The van der Waals surface area contributed by atoms with E-state index in [0.29, 0.717) is 6.04 Å². The highest BCUT2D eigenvalue weighted by Crippen LogP contribution is 2.34. The van der Waals surface area contributed by atoms with Crippen molar-refractivity contribution in [2.75, 3.05) is 24.5 Å². The molecule has 0 saturated heterocycles. The molecule has 0 amide bonds. The third-order valence-corrected chi connectivity index (χ3v) is 4.25. The standard InChI is InChI=1S/C19H24N2/c1-2-13-20-15-19(16-8-4-3-5-9-16)21-14-12-17-10-6-7-11-18(17)21/h3-11,19-20H,2,12-15H2,1H3. The lowest BCUT2D eigenvalue weighted by atomic mass is 10.0. The first-order chi connectivity index (χ1) is 10.4. The van der Waals surface area contributed by atoms with Crippen LogP contribution in [-0.2, 0) is 6.42 Å². The first-order valence-corrected chi connectivity index (χ1v) is 8.00. The molecule has 3 rings (SSSR count). The highest BCUT2D eigenvalue weighted by Gasteiger charge is 2.26. The molecule has 0 aromatic heterocycles. The van der Waals surface area contributed by atoms with Gasteiger partial charge in [0.2, 0.25) is 0 Å². The molecule has 1 unspecified atom stereocenters. The molecule has 0 aliphatic carbocycles. The van der Waals surface area contributed by atoms with E-state index < -0.39 is 0 Å². The molecule has 110 valence electrons. The normalized spacial score (nSPS) is 15.0. The molecule has 1 N–H and O–H groups in total. The van der Waals surface area contributed by atoms with Crippen molar-refractivity contribution in [1.29, 1.82) is 0 Å². The van der Waals surface area contributed by atoms with Crippen LogP contribution in [0.2, 0.25) is 0 Å². The highest BCUT2D eigenvalue weighted by atomic mass is 15.2. The number of nitrogens with one attached hydrogen (secondary N) is 1. The first kappa shape index (κ1) is 14.2. The molecular formula is C19H24N2. The smallest absolute Gasteiger partial charge is 0.0667 e. The number of hydrogen-bond acceptors (Lipinski definition) is 2. The van der Waals surface area contributed by atoms with Crippen LogP contribution in [0.4, 0.5) is 5.69 Å². The fraction of sp³-hybridized carbons (Fsp3) is 0.368. The Kier molecular flexibility index (Phi) is 4.56. The van der Waals surface area contributed by atoms with Crippen molar-refractivity contribution in [2.45, 2.75) is 25.8 Å². The molecule has 1 heterocycles. The number of nitrogens with zero attached hydrogens (tertiary/aromatic N) is 1. The first-order valence-electron chi connectivity index (χ1n) is 8.00. The fourth-order valence-electron chi connectivity index (χ4n) is 3.19. The Balaban J connectivity index is 1.86. The van der Waals surface area contributed by atoms with E-state index in [4.69, 9.17) is 0 Å². The Bertz CT molecular complexity index is 565. The van der Waals surface area contributed by atoms with Gasteiger partial charge >= 0.3 is 0 Å². The van der Waals surface area contributed by atoms with Crippen molar-refractivity contribution >= 4 is 5.69 Å². The summed E-state index contributed by atoms with van der Waals surface area (Å²) in [4.78, 5) is 2.56. The van der Waals surface area contributed by atoms with Crippen molar-refractivity contribution in [1.82, 2.24) is 5.32 Å². The maximum Gasteiger partial charge on any atom is 0.0667 e. The number of fused-ring (bicyclic) bond motifs is 1. The van der Waals surface area contributed by atoms with Gasteiger partial charge in [-0.3, -0.25) is 0 Å². The van der Waals surface area contributed by atoms with Crippen molar-refractivity contribution < 1.29 is 0 Å². The minimum atomic E-state index is 0.418. The van der Waals surface area contributed by atoms with Gasteiger partial charge in [-0.25, -0.2) is 0 Å². The topological polar surface area (TPSA) is 15.3 Å². The van der Waals surface area contributed by atoms with E-state index in [1.54, 1.807) is 0 Å². The van der Waals surface area contributed by atoms with Crippen LogP contribution in [0.15, 0.2) is 54.6 Å². The molecule has 2 aromatic carbocycles. The summed E-state index contributed by atoms with van der Waals surface area (Å²) >= 11 is 0. The fourth-order valence-corrected chi connectivity index (χ4v) is 3.19. The van der Waals surface area contributed by atoms with Crippen LogP contribution >= 0.6 is 0 Å². The minimum absolute atomic E-state index is 0.418. The Hall–Kier alpha value is -1.80. The number of anilines is 1. The molecule has 0 saturated carbocycles. The molecule has 0 bridgehead atoms. The Morgan fingerprint density at radius 2 is 1.81 bits per heavy atom. The van der Waals surface area contributed by atoms with Crippen LogP contribution in [0.1, 0.15) is 30.5 Å². The molecule has 21 heavy (non-hydrogen) atoms. The van der Waals surface area contributed by atoms with Gasteiger partial charge in [0.05, 0.1) is 6.04 Å². The van der Waals surface area contributed by atoms with Gasteiger partial charge in [-0.1, -0.05) is 55.5 Å². The zero-order chi connectivity index (χ0) is 14.5. The van der Waals surface area contributed by atoms with E-state index in [1.165, 1.54) is 23.2 Å². The van der Waals surface area contributed by atoms with Crippen LogP contribution in [0.5, 0.6) is 0 Å². The van der Waals surface area contributed by atoms with Crippen molar-refractivity contribution in [3.63, 3.8) is 0 Å². The second-order valence-corrected chi connectivity index (χ2v) is 5.70.